The van der Waals surface area contributed by atoms with Crippen molar-refractivity contribution in [1.29, 1.82) is 0 Å². The Balaban J connectivity index is 1.72. The van der Waals surface area contributed by atoms with E-state index in [1.54, 1.807) is 7.11 Å². The maximum Gasteiger partial charge on any atom is 0.234 e. The fourth-order valence-corrected chi connectivity index (χ4v) is 3.46. The normalized spacial score (nSPS) is 26.9. The summed E-state index contributed by atoms with van der Waals surface area (Å²) in [6.45, 7) is 4.13. The first-order valence-corrected chi connectivity index (χ1v) is 7.87. The molecule has 2 aliphatic rings. The molecule has 0 aromatic heterocycles. The number of nitrogens with one attached hydrogen (secondary N) is 1. The average molecular weight is 280 g/mol. The minimum atomic E-state index is 0.157. The van der Waals surface area contributed by atoms with Crippen molar-refractivity contribution in [2.24, 2.45) is 5.41 Å². The van der Waals surface area contributed by atoms with E-state index in [1.807, 2.05) is 0 Å². The summed E-state index contributed by atoms with van der Waals surface area (Å²) in [5, 5.41) is 2.98. The van der Waals surface area contributed by atoms with Crippen LogP contribution in [-0.2, 0) is 9.53 Å². The number of carbonyl (C=O) groups is 1. The van der Waals surface area contributed by atoms with Crippen molar-refractivity contribution in [3.63, 3.8) is 0 Å². The molecule has 1 N–H and O–H groups in total. The van der Waals surface area contributed by atoms with Crippen molar-refractivity contribution in [1.82, 2.24) is 10.2 Å². The van der Waals surface area contributed by atoms with Gasteiger partial charge in [-0.15, -0.1) is 0 Å². The predicted octanol–water partition coefficient (Wildman–Crippen LogP) is 1.96. The van der Waals surface area contributed by atoms with Crippen LogP contribution in [0.4, 0.5) is 0 Å². The van der Waals surface area contributed by atoms with Crippen LogP contribution in [0, 0.1) is 5.41 Å². The molecule has 2 rings (SSSR count). The van der Waals surface area contributed by atoms with Gasteiger partial charge < -0.3 is 10.1 Å². The summed E-state index contributed by atoms with van der Waals surface area (Å²) in [6, 6.07) is 0. The third kappa shape index (κ3) is 4.60. The van der Waals surface area contributed by atoms with Crippen LogP contribution in [0.2, 0.25) is 0 Å². The zero-order valence-corrected chi connectivity index (χ0v) is 12.7. The number of piperidine rings is 1. The number of hydrogen-bond donors (Lipinski definition) is 1. The molecule has 1 fully saturated rings. The molecular formula is C16H28N2O2. The number of amides is 1. The second kappa shape index (κ2) is 7.79. The molecule has 1 aliphatic heterocycles. The third-order valence-corrected chi connectivity index (χ3v) is 4.51. The zero-order chi connectivity index (χ0) is 14.3. The second-order valence-electron chi connectivity index (χ2n) is 6.22. The van der Waals surface area contributed by atoms with Crippen LogP contribution in [0.25, 0.3) is 0 Å². The lowest BCUT2D eigenvalue weighted by atomic mass is 9.71. The largest absolute Gasteiger partial charge is 0.385 e. The highest BCUT2D eigenvalue weighted by molar-refractivity contribution is 5.77. The topological polar surface area (TPSA) is 41.6 Å². The van der Waals surface area contributed by atoms with Gasteiger partial charge in [0.15, 0.2) is 0 Å². The lowest BCUT2D eigenvalue weighted by Gasteiger charge is -2.43. The van der Waals surface area contributed by atoms with Crippen LogP contribution in [0.3, 0.4) is 0 Å². The van der Waals surface area contributed by atoms with Crippen molar-refractivity contribution < 1.29 is 9.53 Å². The summed E-state index contributed by atoms with van der Waals surface area (Å²) >= 11 is 0. The fourth-order valence-electron chi connectivity index (χ4n) is 3.46. The number of allylic oxidation sites excluding steroid dienone is 2. The number of ether oxygens (including phenoxy) is 1. The molecule has 1 aliphatic carbocycles. The lowest BCUT2D eigenvalue weighted by molar-refractivity contribution is -0.123. The number of rotatable bonds is 6. The van der Waals surface area contributed by atoms with E-state index < -0.39 is 0 Å². The minimum absolute atomic E-state index is 0.157. The van der Waals surface area contributed by atoms with Gasteiger partial charge in [-0.1, -0.05) is 12.2 Å². The average Bonchev–Trinajstić information content (AvgIpc) is 2.44. The highest BCUT2D eigenvalue weighted by atomic mass is 16.5. The zero-order valence-electron chi connectivity index (χ0n) is 12.7. The van der Waals surface area contributed by atoms with E-state index in [0.29, 0.717) is 25.1 Å². The van der Waals surface area contributed by atoms with Gasteiger partial charge in [-0.05, 0) is 50.5 Å². The molecule has 1 atom stereocenters. The molecule has 114 valence electrons. The van der Waals surface area contributed by atoms with Crippen LogP contribution in [-0.4, -0.2) is 50.7 Å². The Bertz CT molecular complexity index is 343. The van der Waals surface area contributed by atoms with Crippen molar-refractivity contribution in [2.45, 2.75) is 38.5 Å². The maximum atomic E-state index is 11.9. The van der Waals surface area contributed by atoms with Crippen molar-refractivity contribution in [3.8, 4) is 0 Å². The maximum absolute atomic E-state index is 11.9. The first kappa shape index (κ1) is 15.5. The van der Waals surface area contributed by atoms with Crippen LogP contribution in [0.1, 0.15) is 38.5 Å². The number of nitrogens with zero attached hydrogens (tertiary/aromatic N) is 1. The van der Waals surface area contributed by atoms with Crippen LogP contribution >= 0.6 is 0 Å². The summed E-state index contributed by atoms with van der Waals surface area (Å²) in [7, 11) is 1.69. The van der Waals surface area contributed by atoms with E-state index in [2.05, 4.69) is 22.4 Å². The molecule has 0 bridgehead atoms. The van der Waals surface area contributed by atoms with Gasteiger partial charge in [0.2, 0.25) is 5.91 Å². The van der Waals surface area contributed by atoms with Crippen LogP contribution in [0.15, 0.2) is 12.2 Å². The molecule has 1 saturated heterocycles. The molecule has 0 aromatic rings. The Hall–Kier alpha value is -0.870. The highest BCUT2D eigenvalue weighted by Crippen LogP contribution is 2.40. The molecule has 1 spiro atoms. The molecule has 4 heteroatoms. The van der Waals surface area contributed by atoms with E-state index in [-0.39, 0.29) is 5.91 Å². The van der Waals surface area contributed by atoms with E-state index in [4.69, 9.17) is 4.74 Å². The highest BCUT2D eigenvalue weighted by Gasteiger charge is 2.35. The summed E-state index contributed by atoms with van der Waals surface area (Å²) in [5.41, 5.74) is 0.448. The first-order chi connectivity index (χ1) is 9.74. The molecular weight excluding hydrogens is 252 g/mol. The van der Waals surface area contributed by atoms with E-state index >= 15 is 0 Å². The summed E-state index contributed by atoms with van der Waals surface area (Å²) in [4.78, 5) is 14.3. The van der Waals surface area contributed by atoms with Gasteiger partial charge in [-0.3, -0.25) is 9.69 Å². The van der Waals surface area contributed by atoms with Crippen molar-refractivity contribution in [2.75, 3.05) is 39.9 Å². The van der Waals surface area contributed by atoms with E-state index in [9.17, 15) is 4.79 Å². The first-order valence-electron chi connectivity index (χ1n) is 7.87. The third-order valence-electron chi connectivity index (χ3n) is 4.51. The van der Waals surface area contributed by atoms with Gasteiger partial charge in [0.25, 0.3) is 0 Å². The molecule has 0 saturated carbocycles. The van der Waals surface area contributed by atoms with E-state index in [0.717, 1.165) is 19.5 Å². The second-order valence-corrected chi connectivity index (χ2v) is 6.22. The smallest absolute Gasteiger partial charge is 0.234 e. The van der Waals surface area contributed by atoms with Crippen LogP contribution in [0.5, 0.6) is 0 Å². The Kier molecular flexibility index (Phi) is 6.05. The van der Waals surface area contributed by atoms with Crippen molar-refractivity contribution in [3.05, 3.63) is 12.2 Å². The molecule has 1 amide bonds. The lowest BCUT2D eigenvalue weighted by Crippen LogP contribution is -2.47. The predicted molar refractivity (Wildman–Crippen MR) is 80.6 cm³/mol. The van der Waals surface area contributed by atoms with Gasteiger partial charge in [0.1, 0.15) is 0 Å². The Labute approximate surface area is 122 Å². The fraction of sp³-hybridized carbons (Fsp3) is 0.812. The van der Waals surface area contributed by atoms with Gasteiger partial charge in [-0.25, -0.2) is 0 Å². The Morgan fingerprint density at radius 3 is 3.05 bits per heavy atom. The molecule has 20 heavy (non-hydrogen) atoms. The molecule has 0 unspecified atom stereocenters. The number of hydrogen-bond acceptors (Lipinski definition) is 3. The number of methoxy groups -OCH3 is 1. The van der Waals surface area contributed by atoms with Gasteiger partial charge in [0.05, 0.1) is 6.54 Å². The Morgan fingerprint density at radius 2 is 2.30 bits per heavy atom. The van der Waals surface area contributed by atoms with E-state index in [1.165, 1.54) is 32.1 Å². The minimum Gasteiger partial charge on any atom is -0.385 e. The molecule has 4 nitrogen and oxygen atoms in total. The summed E-state index contributed by atoms with van der Waals surface area (Å²) < 4.78 is 4.98. The number of likely N-dealkylation sites (tertiary alicyclic amines) is 1. The van der Waals surface area contributed by atoms with Gasteiger partial charge >= 0.3 is 0 Å². The molecule has 0 aromatic carbocycles. The number of carbonyl (C=O) groups excluding carboxylic acids is 1. The Morgan fingerprint density at radius 1 is 1.40 bits per heavy atom. The van der Waals surface area contributed by atoms with Gasteiger partial charge in [0, 0.05) is 26.8 Å². The molecule has 1 heterocycles. The van der Waals surface area contributed by atoms with Crippen LogP contribution < -0.4 is 5.32 Å². The van der Waals surface area contributed by atoms with Gasteiger partial charge in [-0.2, -0.15) is 0 Å². The molecule has 0 radical (unpaired) electrons. The van der Waals surface area contributed by atoms with Crippen molar-refractivity contribution >= 4 is 5.91 Å². The monoisotopic (exact) mass is 280 g/mol. The standard InChI is InChI=1S/C16H28N2O2/c1-20-12-6-10-17-15(19)13-18-11-5-9-16(14-18)7-3-2-4-8-16/h2-3H,4-14H2,1H3,(H,17,19)/t16-/m1/s1. The quantitative estimate of drug-likeness (QED) is 0.597. The summed E-state index contributed by atoms with van der Waals surface area (Å²) in [5.74, 6) is 0.157. The SMILES string of the molecule is COCCCNC(=O)CN1CCC[C@]2(CC=CCC2)C1. The summed E-state index contributed by atoms with van der Waals surface area (Å²) in [6.07, 6.45) is 11.8.